The molecule has 0 bridgehead atoms. The van der Waals surface area contributed by atoms with Gasteiger partial charge in [0.1, 0.15) is 0 Å². The summed E-state index contributed by atoms with van der Waals surface area (Å²) in [7, 11) is 3.64. The van der Waals surface area contributed by atoms with Gasteiger partial charge < -0.3 is 9.30 Å². The van der Waals surface area contributed by atoms with Crippen LogP contribution in [0.2, 0.25) is 0 Å². The second kappa shape index (κ2) is 3.17. The highest BCUT2D eigenvalue weighted by Gasteiger charge is 2.05. The van der Waals surface area contributed by atoms with Crippen LogP contribution < -0.4 is 4.74 Å². The van der Waals surface area contributed by atoms with Crippen molar-refractivity contribution < 1.29 is 4.74 Å². The van der Waals surface area contributed by atoms with E-state index >= 15 is 0 Å². The molecule has 0 atom stereocenters. The monoisotopic (exact) mass is 288 g/mol. The second-order valence-corrected chi connectivity index (χ2v) is 3.99. The molecule has 0 amide bonds. The molecule has 0 saturated heterocycles. The molecule has 0 aliphatic heterocycles. The number of fused-ring (bicyclic) bond motifs is 1. The molecular weight excluding hydrogens is 279 g/mol. The molecule has 0 N–H and O–H groups in total. The molecule has 3 nitrogen and oxygen atoms in total. The molecule has 68 valence electrons. The summed E-state index contributed by atoms with van der Waals surface area (Å²) in [4.78, 5) is 4.15. The van der Waals surface area contributed by atoms with Crippen molar-refractivity contribution in [3.63, 3.8) is 0 Å². The smallest absolute Gasteiger partial charge is 0.213 e. The second-order valence-electron chi connectivity index (χ2n) is 2.83. The van der Waals surface area contributed by atoms with Crippen molar-refractivity contribution in [3.8, 4) is 5.88 Å². The summed E-state index contributed by atoms with van der Waals surface area (Å²) in [6.45, 7) is 0. The van der Waals surface area contributed by atoms with Gasteiger partial charge >= 0.3 is 0 Å². The number of nitrogens with zero attached hydrogens (tertiary/aromatic N) is 2. The summed E-state index contributed by atoms with van der Waals surface area (Å²) in [6.07, 6.45) is 3.91. The maximum absolute atomic E-state index is 5.06. The highest BCUT2D eigenvalue weighted by atomic mass is 127. The average molecular weight is 288 g/mol. The van der Waals surface area contributed by atoms with Crippen molar-refractivity contribution in [3.05, 3.63) is 22.0 Å². The summed E-state index contributed by atoms with van der Waals surface area (Å²) in [5.41, 5.74) is 1.13. The Morgan fingerprint density at radius 2 is 2.31 bits per heavy atom. The van der Waals surface area contributed by atoms with E-state index in [0.717, 1.165) is 5.52 Å². The first-order valence-electron chi connectivity index (χ1n) is 3.87. The van der Waals surface area contributed by atoms with Gasteiger partial charge in [-0.1, -0.05) is 0 Å². The van der Waals surface area contributed by atoms with Gasteiger partial charge in [0.25, 0.3) is 0 Å². The maximum atomic E-state index is 5.06. The first kappa shape index (κ1) is 8.80. The van der Waals surface area contributed by atoms with Crippen molar-refractivity contribution in [2.45, 2.75) is 0 Å². The Morgan fingerprint density at radius 1 is 1.54 bits per heavy atom. The summed E-state index contributed by atoms with van der Waals surface area (Å²) < 4.78 is 8.34. The quantitative estimate of drug-likeness (QED) is 0.752. The van der Waals surface area contributed by atoms with E-state index in [2.05, 4.69) is 38.3 Å². The number of ether oxygens (including phenoxy) is 1. The summed E-state index contributed by atoms with van der Waals surface area (Å²) >= 11 is 2.31. The lowest BCUT2D eigenvalue weighted by Gasteiger charge is -1.98. The van der Waals surface area contributed by atoms with Gasteiger partial charge in [0.05, 0.1) is 18.8 Å². The largest absolute Gasteiger partial charge is 0.481 e. The van der Waals surface area contributed by atoms with Crippen LogP contribution in [0.4, 0.5) is 0 Å². The normalized spacial score (nSPS) is 10.7. The SMILES string of the molecule is COc1cc2c(I)cn(C)c2cn1. The van der Waals surface area contributed by atoms with E-state index in [4.69, 9.17) is 4.74 Å². The van der Waals surface area contributed by atoms with Gasteiger partial charge in [-0.25, -0.2) is 4.98 Å². The van der Waals surface area contributed by atoms with E-state index in [1.807, 2.05) is 19.3 Å². The molecule has 13 heavy (non-hydrogen) atoms. The molecule has 2 aromatic heterocycles. The molecule has 0 spiro atoms. The Hall–Kier alpha value is -0.780. The Morgan fingerprint density at radius 3 is 3.00 bits per heavy atom. The number of methoxy groups -OCH3 is 1. The molecule has 0 saturated carbocycles. The number of aromatic nitrogens is 2. The fraction of sp³-hybridized carbons (Fsp3) is 0.222. The number of aryl methyl sites for hydroxylation is 1. The van der Waals surface area contributed by atoms with E-state index in [-0.39, 0.29) is 0 Å². The molecule has 0 aliphatic carbocycles. The molecule has 0 radical (unpaired) electrons. The number of hydrogen-bond donors (Lipinski definition) is 0. The van der Waals surface area contributed by atoms with Crippen LogP contribution in [-0.2, 0) is 7.05 Å². The van der Waals surface area contributed by atoms with Gasteiger partial charge in [0.15, 0.2) is 0 Å². The highest BCUT2D eigenvalue weighted by Crippen LogP contribution is 2.24. The molecule has 0 unspecified atom stereocenters. The van der Waals surface area contributed by atoms with Crippen molar-refractivity contribution in [2.75, 3.05) is 7.11 Å². The standard InChI is InChI=1S/C9H9IN2O/c1-12-5-7(10)6-3-9(13-2)11-4-8(6)12/h3-5H,1-2H3. The van der Waals surface area contributed by atoms with Crippen LogP contribution in [0, 0.1) is 3.57 Å². The number of hydrogen-bond acceptors (Lipinski definition) is 2. The zero-order valence-corrected chi connectivity index (χ0v) is 9.57. The van der Waals surface area contributed by atoms with Crippen LogP contribution in [0.3, 0.4) is 0 Å². The predicted octanol–water partition coefficient (Wildman–Crippen LogP) is 2.19. The Kier molecular flexibility index (Phi) is 2.15. The maximum Gasteiger partial charge on any atom is 0.213 e. The minimum absolute atomic E-state index is 0.664. The molecular formula is C9H9IN2O. The third kappa shape index (κ3) is 1.39. The van der Waals surface area contributed by atoms with Crippen molar-refractivity contribution >= 4 is 33.5 Å². The molecule has 2 rings (SSSR count). The van der Waals surface area contributed by atoms with Crippen molar-refractivity contribution in [1.29, 1.82) is 0 Å². The zero-order chi connectivity index (χ0) is 9.42. The first-order valence-corrected chi connectivity index (χ1v) is 4.95. The third-order valence-corrected chi connectivity index (χ3v) is 2.87. The van der Waals surface area contributed by atoms with Gasteiger partial charge in [0, 0.05) is 28.3 Å². The summed E-state index contributed by atoms with van der Waals surface area (Å²) in [5.74, 6) is 0.664. The zero-order valence-electron chi connectivity index (χ0n) is 7.41. The van der Waals surface area contributed by atoms with Crippen LogP contribution in [0.25, 0.3) is 10.9 Å². The lowest BCUT2D eigenvalue weighted by Crippen LogP contribution is -1.88. The molecule has 4 heteroatoms. The summed E-state index contributed by atoms with van der Waals surface area (Å²) in [6, 6.07) is 1.96. The van der Waals surface area contributed by atoms with E-state index in [1.165, 1.54) is 8.96 Å². The van der Waals surface area contributed by atoms with Gasteiger partial charge in [-0.2, -0.15) is 0 Å². The third-order valence-electron chi connectivity index (χ3n) is 2.01. The topological polar surface area (TPSA) is 27.1 Å². The predicted molar refractivity (Wildman–Crippen MR) is 60.0 cm³/mol. The molecule has 2 aromatic rings. The van der Waals surface area contributed by atoms with Gasteiger partial charge in [-0.15, -0.1) is 0 Å². The Balaban J connectivity index is 2.76. The minimum atomic E-state index is 0.664. The first-order chi connectivity index (χ1) is 6.22. The van der Waals surface area contributed by atoms with Crippen LogP contribution in [0.1, 0.15) is 0 Å². The fourth-order valence-electron chi connectivity index (χ4n) is 1.32. The van der Waals surface area contributed by atoms with Crippen LogP contribution >= 0.6 is 22.6 Å². The van der Waals surface area contributed by atoms with Gasteiger partial charge in [-0.05, 0) is 22.6 Å². The Bertz CT molecular complexity index is 450. The lowest BCUT2D eigenvalue weighted by atomic mass is 10.3. The number of pyridine rings is 1. The van der Waals surface area contributed by atoms with Gasteiger partial charge in [-0.3, -0.25) is 0 Å². The van der Waals surface area contributed by atoms with Crippen LogP contribution in [-0.4, -0.2) is 16.7 Å². The van der Waals surface area contributed by atoms with E-state index in [0.29, 0.717) is 5.88 Å². The lowest BCUT2D eigenvalue weighted by molar-refractivity contribution is 0.398. The number of rotatable bonds is 1. The van der Waals surface area contributed by atoms with Gasteiger partial charge in [0.2, 0.25) is 5.88 Å². The van der Waals surface area contributed by atoms with E-state index in [9.17, 15) is 0 Å². The molecule has 0 aromatic carbocycles. The molecule has 0 fully saturated rings. The average Bonchev–Trinajstić information content (AvgIpc) is 2.42. The van der Waals surface area contributed by atoms with Crippen LogP contribution in [0.15, 0.2) is 18.5 Å². The Labute approximate surface area is 89.9 Å². The van der Waals surface area contributed by atoms with Crippen molar-refractivity contribution in [1.82, 2.24) is 9.55 Å². The van der Waals surface area contributed by atoms with E-state index in [1.54, 1.807) is 7.11 Å². The molecule has 2 heterocycles. The fourth-order valence-corrected chi connectivity index (χ4v) is 2.17. The molecule has 0 aliphatic rings. The number of halogens is 1. The van der Waals surface area contributed by atoms with E-state index < -0.39 is 0 Å². The minimum Gasteiger partial charge on any atom is -0.481 e. The summed E-state index contributed by atoms with van der Waals surface area (Å²) in [5, 5.41) is 1.19. The van der Waals surface area contributed by atoms with Crippen molar-refractivity contribution in [2.24, 2.45) is 7.05 Å². The highest BCUT2D eigenvalue weighted by molar-refractivity contribution is 14.1. The van der Waals surface area contributed by atoms with Crippen LogP contribution in [0.5, 0.6) is 5.88 Å².